The zero-order chi connectivity index (χ0) is 11.1. The molecule has 82 valence electrons. The van der Waals surface area contributed by atoms with Gasteiger partial charge in [0.25, 0.3) is 0 Å². The first-order chi connectivity index (χ1) is 7.75. The molecular formula is C11H11ClN4. The summed E-state index contributed by atoms with van der Waals surface area (Å²) in [6.07, 6.45) is 4.55. The number of anilines is 1. The topological polar surface area (TPSA) is 41.9 Å². The number of aromatic nitrogens is 3. The fourth-order valence-electron chi connectivity index (χ4n) is 1.96. The molecule has 5 heteroatoms. The Morgan fingerprint density at radius 2 is 2.19 bits per heavy atom. The van der Waals surface area contributed by atoms with Crippen LogP contribution in [0.5, 0.6) is 0 Å². The molecule has 2 aromatic heterocycles. The van der Waals surface area contributed by atoms with Crippen LogP contribution in [0.3, 0.4) is 0 Å². The van der Waals surface area contributed by atoms with E-state index < -0.39 is 0 Å². The molecule has 0 spiro atoms. The highest BCUT2D eigenvalue weighted by atomic mass is 35.5. The third-order valence-electron chi connectivity index (χ3n) is 3.00. The summed E-state index contributed by atoms with van der Waals surface area (Å²) in [5, 5.41) is 0.474. The predicted molar refractivity (Wildman–Crippen MR) is 63.8 cm³/mol. The van der Waals surface area contributed by atoms with Crippen molar-refractivity contribution in [3.8, 4) is 0 Å². The van der Waals surface area contributed by atoms with Crippen molar-refractivity contribution in [1.29, 1.82) is 0 Å². The number of hydrogen-bond acceptors (Lipinski definition) is 4. The molecule has 1 unspecified atom stereocenters. The third kappa shape index (κ3) is 1.41. The van der Waals surface area contributed by atoms with Gasteiger partial charge in [0.05, 0.1) is 5.52 Å². The Bertz CT molecular complexity index is 542. The first kappa shape index (κ1) is 9.78. The first-order valence-corrected chi connectivity index (χ1v) is 5.67. The second-order valence-electron chi connectivity index (χ2n) is 4.02. The summed E-state index contributed by atoms with van der Waals surface area (Å²) in [7, 11) is 0. The van der Waals surface area contributed by atoms with Gasteiger partial charge in [-0.1, -0.05) is 11.6 Å². The third-order valence-corrected chi connectivity index (χ3v) is 3.19. The smallest absolute Gasteiger partial charge is 0.158 e. The summed E-state index contributed by atoms with van der Waals surface area (Å²) in [6.45, 7) is 3.19. The maximum Gasteiger partial charge on any atom is 0.158 e. The molecule has 16 heavy (non-hydrogen) atoms. The monoisotopic (exact) mass is 234 g/mol. The standard InChI is InChI=1S/C11H11ClN4/c1-7-2-5-16(7)11-10-8(6-9(12)15-11)13-3-4-14-10/h3-4,6-7H,2,5H2,1H3. The van der Waals surface area contributed by atoms with Gasteiger partial charge in [-0.2, -0.15) is 0 Å². The Hall–Kier alpha value is -1.42. The number of rotatable bonds is 1. The largest absolute Gasteiger partial charge is 0.352 e. The Morgan fingerprint density at radius 1 is 1.38 bits per heavy atom. The number of fused-ring (bicyclic) bond motifs is 1. The minimum atomic E-state index is 0.474. The normalized spacial score (nSPS) is 19.9. The second kappa shape index (κ2) is 3.56. The van der Waals surface area contributed by atoms with E-state index in [1.807, 2.05) is 0 Å². The van der Waals surface area contributed by atoms with Crippen molar-refractivity contribution in [2.75, 3.05) is 11.4 Å². The van der Waals surface area contributed by atoms with Crippen LogP contribution in [0, 0.1) is 0 Å². The van der Waals surface area contributed by atoms with Gasteiger partial charge in [0.1, 0.15) is 10.7 Å². The fourth-order valence-corrected chi connectivity index (χ4v) is 2.14. The Morgan fingerprint density at radius 3 is 2.88 bits per heavy atom. The molecule has 1 fully saturated rings. The number of hydrogen-bond donors (Lipinski definition) is 0. The summed E-state index contributed by atoms with van der Waals surface area (Å²) in [6, 6.07) is 2.26. The van der Waals surface area contributed by atoms with Crippen LogP contribution < -0.4 is 4.90 Å². The summed E-state index contributed by atoms with van der Waals surface area (Å²) >= 11 is 5.99. The van der Waals surface area contributed by atoms with Crippen molar-refractivity contribution in [1.82, 2.24) is 15.0 Å². The van der Waals surface area contributed by atoms with Crippen molar-refractivity contribution in [2.24, 2.45) is 0 Å². The van der Waals surface area contributed by atoms with Crippen LogP contribution in [0.2, 0.25) is 5.15 Å². The molecule has 0 aliphatic carbocycles. The molecule has 0 N–H and O–H groups in total. The summed E-state index contributed by atoms with van der Waals surface area (Å²) in [5.41, 5.74) is 1.63. The fraction of sp³-hybridized carbons (Fsp3) is 0.364. The van der Waals surface area contributed by atoms with Gasteiger partial charge in [0.2, 0.25) is 0 Å². The minimum absolute atomic E-state index is 0.474. The lowest BCUT2D eigenvalue weighted by atomic mass is 10.1. The van der Waals surface area contributed by atoms with Crippen molar-refractivity contribution in [2.45, 2.75) is 19.4 Å². The second-order valence-corrected chi connectivity index (χ2v) is 4.41. The van der Waals surface area contributed by atoms with E-state index in [0.717, 1.165) is 23.4 Å². The van der Waals surface area contributed by atoms with Crippen molar-refractivity contribution in [3.63, 3.8) is 0 Å². The van der Waals surface area contributed by atoms with Gasteiger partial charge < -0.3 is 4.90 Å². The molecule has 1 saturated heterocycles. The quantitative estimate of drug-likeness (QED) is 0.710. The molecule has 4 nitrogen and oxygen atoms in total. The minimum Gasteiger partial charge on any atom is -0.352 e. The van der Waals surface area contributed by atoms with Crippen LogP contribution in [0.15, 0.2) is 18.5 Å². The lowest BCUT2D eigenvalue weighted by Crippen LogP contribution is -2.46. The van der Waals surface area contributed by atoms with E-state index in [4.69, 9.17) is 11.6 Å². The van der Waals surface area contributed by atoms with Crippen LogP contribution in [0.25, 0.3) is 11.0 Å². The van der Waals surface area contributed by atoms with E-state index in [1.54, 1.807) is 18.5 Å². The maximum absolute atomic E-state index is 5.99. The molecule has 3 heterocycles. The molecule has 0 aromatic carbocycles. The molecular weight excluding hydrogens is 224 g/mol. The van der Waals surface area contributed by atoms with Crippen LogP contribution >= 0.6 is 11.6 Å². The Balaban J connectivity index is 2.22. The SMILES string of the molecule is CC1CCN1c1nc(Cl)cc2nccnc12. The highest BCUT2D eigenvalue weighted by Gasteiger charge is 2.27. The van der Waals surface area contributed by atoms with E-state index in [2.05, 4.69) is 26.8 Å². The van der Waals surface area contributed by atoms with Gasteiger partial charge in [-0.05, 0) is 13.3 Å². The molecule has 0 bridgehead atoms. The lowest BCUT2D eigenvalue weighted by Gasteiger charge is -2.39. The van der Waals surface area contributed by atoms with Crippen molar-refractivity contribution in [3.05, 3.63) is 23.6 Å². The Labute approximate surface area is 98.3 Å². The predicted octanol–water partition coefficient (Wildman–Crippen LogP) is 2.28. The molecule has 0 amide bonds. The number of halogens is 1. The van der Waals surface area contributed by atoms with Crippen molar-refractivity contribution >= 4 is 28.5 Å². The van der Waals surface area contributed by atoms with Crippen LogP contribution in [0.4, 0.5) is 5.82 Å². The van der Waals surface area contributed by atoms with Gasteiger partial charge in [-0.3, -0.25) is 4.98 Å². The van der Waals surface area contributed by atoms with E-state index in [-0.39, 0.29) is 0 Å². The van der Waals surface area contributed by atoms with E-state index in [9.17, 15) is 0 Å². The zero-order valence-corrected chi connectivity index (χ0v) is 9.65. The molecule has 0 saturated carbocycles. The van der Waals surface area contributed by atoms with Gasteiger partial charge in [-0.15, -0.1) is 0 Å². The summed E-state index contributed by atoms with van der Waals surface area (Å²) in [5.74, 6) is 0.856. The van der Waals surface area contributed by atoms with Crippen LogP contribution in [-0.2, 0) is 0 Å². The van der Waals surface area contributed by atoms with Crippen LogP contribution in [0.1, 0.15) is 13.3 Å². The van der Waals surface area contributed by atoms with E-state index in [1.165, 1.54) is 6.42 Å². The summed E-state index contributed by atoms with van der Waals surface area (Å²) < 4.78 is 0. The van der Waals surface area contributed by atoms with E-state index >= 15 is 0 Å². The Kier molecular flexibility index (Phi) is 2.17. The zero-order valence-electron chi connectivity index (χ0n) is 8.89. The number of pyridine rings is 1. The molecule has 1 atom stereocenters. The van der Waals surface area contributed by atoms with Gasteiger partial charge in [-0.25, -0.2) is 9.97 Å². The van der Waals surface area contributed by atoms with Crippen LogP contribution in [-0.4, -0.2) is 27.5 Å². The van der Waals surface area contributed by atoms with Gasteiger partial charge >= 0.3 is 0 Å². The van der Waals surface area contributed by atoms with E-state index in [0.29, 0.717) is 11.2 Å². The lowest BCUT2D eigenvalue weighted by molar-refractivity contribution is 0.477. The van der Waals surface area contributed by atoms with Gasteiger partial charge in [0, 0.05) is 31.0 Å². The highest BCUT2D eigenvalue weighted by molar-refractivity contribution is 6.30. The maximum atomic E-state index is 5.99. The molecule has 2 aromatic rings. The molecule has 0 radical (unpaired) electrons. The summed E-state index contributed by atoms with van der Waals surface area (Å²) in [4.78, 5) is 15.2. The average molecular weight is 235 g/mol. The molecule has 1 aliphatic rings. The number of nitrogens with zero attached hydrogens (tertiary/aromatic N) is 4. The molecule has 3 rings (SSSR count). The highest BCUT2D eigenvalue weighted by Crippen LogP contribution is 2.30. The first-order valence-electron chi connectivity index (χ1n) is 5.29. The molecule has 1 aliphatic heterocycles. The average Bonchev–Trinajstić information content (AvgIpc) is 2.27. The van der Waals surface area contributed by atoms with Gasteiger partial charge in [0.15, 0.2) is 5.82 Å². The van der Waals surface area contributed by atoms with Crippen molar-refractivity contribution < 1.29 is 0 Å².